The SMILES string of the molecule is NNC(CC1CCCCCC1)c1ccoc1. The Balaban J connectivity index is 1.90. The highest BCUT2D eigenvalue weighted by atomic mass is 16.3. The molecule has 0 spiro atoms. The second kappa shape index (κ2) is 6.06. The Morgan fingerprint density at radius 2 is 2.06 bits per heavy atom. The molecular weight excluding hydrogens is 200 g/mol. The number of hydrogen-bond donors (Lipinski definition) is 2. The highest BCUT2D eigenvalue weighted by Crippen LogP contribution is 2.30. The van der Waals surface area contributed by atoms with E-state index in [9.17, 15) is 0 Å². The predicted octanol–water partition coefficient (Wildman–Crippen LogP) is 3.14. The zero-order valence-corrected chi connectivity index (χ0v) is 9.82. The minimum atomic E-state index is 0.252. The Kier molecular flexibility index (Phi) is 4.43. The lowest BCUT2D eigenvalue weighted by Crippen LogP contribution is -2.29. The van der Waals surface area contributed by atoms with Gasteiger partial charge in [-0.1, -0.05) is 38.5 Å². The van der Waals surface area contributed by atoms with Crippen LogP contribution in [0.2, 0.25) is 0 Å². The van der Waals surface area contributed by atoms with Crippen LogP contribution in [-0.4, -0.2) is 0 Å². The van der Waals surface area contributed by atoms with E-state index < -0.39 is 0 Å². The summed E-state index contributed by atoms with van der Waals surface area (Å²) >= 11 is 0. The van der Waals surface area contributed by atoms with E-state index in [0.717, 1.165) is 12.3 Å². The molecule has 0 bridgehead atoms. The molecule has 1 aliphatic rings. The fraction of sp³-hybridized carbons (Fsp3) is 0.692. The first kappa shape index (κ1) is 11.7. The normalized spacial score (nSPS) is 20.6. The summed E-state index contributed by atoms with van der Waals surface area (Å²) in [6.07, 6.45) is 12.9. The third kappa shape index (κ3) is 3.09. The van der Waals surface area contributed by atoms with Crippen LogP contribution < -0.4 is 11.3 Å². The van der Waals surface area contributed by atoms with Crippen LogP contribution in [0, 0.1) is 5.92 Å². The van der Waals surface area contributed by atoms with E-state index in [1.807, 2.05) is 6.07 Å². The first-order valence-corrected chi connectivity index (χ1v) is 6.38. The Hall–Kier alpha value is -0.800. The molecular formula is C13H22N2O. The highest BCUT2D eigenvalue weighted by Gasteiger charge is 2.19. The molecule has 0 amide bonds. The van der Waals surface area contributed by atoms with Crippen molar-refractivity contribution in [3.05, 3.63) is 24.2 Å². The summed E-state index contributed by atoms with van der Waals surface area (Å²) in [6, 6.07) is 2.25. The molecule has 0 saturated heterocycles. The molecule has 2 rings (SSSR count). The third-order valence-electron chi connectivity index (χ3n) is 3.69. The maximum absolute atomic E-state index is 5.63. The Morgan fingerprint density at radius 3 is 2.62 bits per heavy atom. The molecule has 3 nitrogen and oxygen atoms in total. The molecule has 3 N–H and O–H groups in total. The van der Waals surface area contributed by atoms with Gasteiger partial charge >= 0.3 is 0 Å². The van der Waals surface area contributed by atoms with Crippen molar-refractivity contribution in [2.75, 3.05) is 0 Å². The number of rotatable bonds is 4. The van der Waals surface area contributed by atoms with E-state index in [1.165, 1.54) is 44.1 Å². The van der Waals surface area contributed by atoms with E-state index in [-0.39, 0.29) is 6.04 Å². The van der Waals surface area contributed by atoms with Crippen LogP contribution in [-0.2, 0) is 0 Å². The summed E-state index contributed by atoms with van der Waals surface area (Å²) in [4.78, 5) is 0. The molecule has 0 aliphatic heterocycles. The van der Waals surface area contributed by atoms with Crippen molar-refractivity contribution >= 4 is 0 Å². The molecule has 90 valence electrons. The van der Waals surface area contributed by atoms with Crippen LogP contribution in [0.5, 0.6) is 0 Å². The molecule has 1 atom stereocenters. The van der Waals surface area contributed by atoms with Gasteiger partial charge < -0.3 is 4.42 Å². The highest BCUT2D eigenvalue weighted by molar-refractivity contribution is 5.11. The third-order valence-corrected chi connectivity index (χ3v) is 3.69. The maximum Gasteiger partial charge on any atom is 0.0950 e. The fourth-order valence-electron chi connectivity index (χ4n) is 2.71. The smallest absolute Gasteiger partial charge is 0.0950 e. The van der Waals surface area contributed by atoms with Crippen molar-refractivity contribution in [1.29, 1.82) is 0 Å². The molecule has 1 aromatic rings. The van der Waals surface area contributed by atoms with Gasteiger partial charge in [-0.25, -0.2) is 0 Å². The van der Waals surface area contributed by atoms with Gasteiger partial charge in [-0.15, -0.1) is 0 Å². The van der Waals surface area contributed by atoms with Crippen molar-refractivity contribution in [3.63, 3.8) is 0 Å². The fourth-order valence-corrected chi connectivity index (χ4v) is 2.71. The lowest BCUT2D eigenvalue weighted by molar-refractivity contribution is 0.357. The molecule has 0 radical (unpaired) electrons. The Bertz CT molecular complexity index is 276. The summed E-state index contributed by atoms with van der Waals surface area (Å²) in [5.74, 6) is 6.45. The Labute approximate surface area is 97.4 Å². The average molecular weight is 222 g/mol. The standard InChI is InChI=1S/C13H22N2O/c14-15-13(12-7-8-16-10-12)9-11-5-3-1-2-4-6-11/h7-8,10-11,13,15H,1-6,9,14H2. The quantitative estimate of drug-likeness (QED) is 0.467. The molecule has 1 saturated carbocycles. The van der Waals surface area contributed by atoms with Crippen LogP contribution >= 0.6 is 0 Å². The molecule has 1 aliphatic carbocycles. The van der Waals surface area contributed by atoms with Crippen molar-refractivity contribution < 1.29 is 4.42 Å². The van der Waals surface area contributed by atoms with Gasteiger partial charge in [-0.2, -0.15) is 0 Å². The van der Waals surface area contributed by atoms with Crippen molar-refractivity contribution in [2.45, 2.75) is 51.0 Å². The molecule has 0 aromatic carbocycles. The second-order valence-corrected chi connectivity index (χ2v) is 4.87. The van der Waals surface area contributed by atoms with Gasteiger partial charge in [0.05, 0.1) is 12.5 Å². The second-order valence-electron chi connectivity index (χ2n) is 4.87. The van der Waals surface area contributed by atoms with Gasteiger partial charge in [0.2, 0.25) is 0 Å². The zero-order chi connectivity index (χ0) is 11.2. The van der Waals surface area contributed by atoms with E-state index in [2.05, 4.69) is 5.43 Å². The van der Waals surface area contributed by atoms with E-state index in [0.29, 0.717) is 0 Å². The summed E-state index contributed by atoms with van der Waals surface area (Å²) in [5, 5.41) is 0. The van der Waals surface area contributed by atoms with E-state index in [4.69, 9.17) is 10.3 Å². The first-order chi connectivity index (χ1) is 7.90. The van der Waals surface area contributed by atoms with Crippen LogP contribution in [0.25, 0.3) is 0 Å². The largest absolute Gasteiger partial charge is 0.472 e. The molecule has 16 heavy (non-hydrogen) atoms. The lowest BCUT2D eigenvalue weighted by atomic mass is 9.91. The van der Waals surface area contributed by atoms with Gasteiger partial charge in [0, 0.05) is 11.6 Å². The van der Waals surface area contributed by atoms with Crippen LogP contribution in [0.1, 0.15) is 56.6 Å². The molecule has 1 aromatic heterocycles. The predicted molar refractivity (Wildman–Crippen MR) is 64.6 cm³/mol. The topological polar surface area (TPSA) is 51.2 Å². The van der Waals surface area contributed by atoms with E-state index in [1.54, 1.807) is 12.5 Å². The van der Waals surface area contributed by atoms with Gasteiger partial charge in [0.1, 0.15) is 0 Å². The minimum absolute atomic E-state index is 0.252. The van der Waals surface area contributed by atoms with Crippen molar-refractivity contribution in [3.8, 4) is 0 Å². The monoisotopic (exact) mass is 222 g/mol. The van der Waals surface area contributed by atoms with E-state index >= 15 is 0 Å². The van der Waals surface area contributed by atoms with Gasteiger partial charge in [-0.05, 0) is 18.4 Å². The van der Waals surface area contributed by atoms with Crippen LogP contribution in [0.3, 0.4) is 0 Å². The summed E-state index contributed by atoms with van der Waals surface area (Å²) in [5.41, 5.74) is 4.09. The maximum atomic E-state index is 5.63. The summed E-state index contributed by atoms with van der Waals surface area (Å²) in [6.45, 7) is 0. The van der Waals surface area contributed by atoms with Crippen LogP contribution in [0.15, 0.2) is 23.0 Å². The van der Waals surface area contributed by atoms with Gasteiger partial charge in [0.15, 0.2) is 0 Å². The lowest BCUT2D eigenvalue weighted by Gasteiger charge is -2.20. The van der Waals surface area contributed by atoms with Gasteiger partial charge in [0.25, 0.3) is 0 Å². The number of furan rings is 1. The Morgan fingerprint density at radius 1 is 1.31 bits per heavy atom. The molecule has 1 fully saturated rings. The molecule has 3 heteroatoms. The average Bonchev–Trinajstić information content (AvgIpc) is 2.71. The number of nitrogens with one attached hydrogen (secondary N) is 1. The number of hydrogen-bond acceptors (Lipinski definition) is 3. The summed E-state index contributed by atoms with van der Waals surface area (Å²) < 4.78 is 5.12. The molecule has 1 unspecified atom stereocenters. The first-order valence-electron chi connectivity index (χ1n) is 6.38. The van der Waals surface area contributed by atoms with Crippen molar-refractivity contribution in [1.82, 2.24) is 5.43 Å². The number of hydrazine groups is 1. The number of nitrogens with two attached hydrogens (primary N) is 1. The van der Waals surface area contributed by atoms with Crippen molar-refractivity contribution in [2.24, 2.45) is 11.8 Å². The molecule has 1 heterocycles. The summed E-state index contributed by atoms with van der Waals surface area (Å²) in [7, 11) is 0. The zero-order valence-electron chi connectivity index (χ0n) is 9.82. The van der Waals surface area contributed by atoms with Crippen LogP contribution in [0.4, 0.5) is 0 Å². The van der Waals surface area contributed by atoms with Gasteiger partial charge in [-0.3, -0.25) is 11.3 Å². The minimum Gasteiger partial charge on any atom is -0.472 e.